The van der Waals surface area contributed by atoms with Gasteiger partial charge in [-0.2, -0.15) is 0 Å². The molecule has 1 aromatic rings. The van der Waals surface area contributed by atoms with Crippen LogP contribution in [0.25, 0.3) is 0 Å². The third-order valence-corrected chi connectivity index (χ3v) is 5.49. The predicted octanol–water partition coefficient (Wildman–Crippen LogP) is 2.96. The maximum atomic E-state index is 13.7. The lowest BCUT2D eigenvalue weighted by molar-refractivity contribution is -0.141. The van der Waals surface area contributed by atoms with Crippen LogP contribution in [0.15, 0.2) is 45.2 Å². The van der Waals surface area contributed by atoms with Gasteiger partial charge in [0.15, 0.2) is 5.78 Å². The molecule has 3 aliphatic rings. The van der Waals surface area contributed by atoms with Crippen molar-refractivity contribution in [1.82, 2.24) is 5.32 Å². The second-order valence-corrected chi connectivity index (χ2v) is 7.79. The predicted molar refractivity (Wildman–Crippen MR) is 94.6 cm³/mol. The summed E-state index contributed by atoms with van der Waals surface area (Å²) in [5.74, 6) is -1.55. The Balaban J connectivity index is 1.92. The molecule has 0 spiro atoms. The number of cyclic esters (lactones) is 1. The molecule has 0 saturated heterocycles. The molecule has 4 rings (SSSR count). The second kappa shape index (κ2) is 6.32. The summed E-state index contributed by atoms with van der Waals surface area (Å²) in [6.45, 7) is 4.15. The fourth-order valence-corrected chi connectivity index (χ4v) is 4.12. The standard InChI is InChI=1S/C19H17BrFNO4/c1-8(2)18-17-16(19(24)26-18)14(9-3-4-11(21)10(20)5-9)15-12(22-17)6-25-7-13(15)23/h3-5,8,14,18,22H,6-7H2,1-2H3/t14-,18-/m1/s1. The number of rotatable bonds is 2. The van der Waals surface area contributed by atoms with Crippen LogP contribution in [0.2, 0.25) is 0 Å². The van der Waals surface area contributed by atoms with Crippen LogP contribution >= 0.6 is 15.9 Å². The van der Waals surface area contributed by atoms with Gasteiger partial charge in [-0.25, -0.2) is 9.18 Å². The average Bonchev–Trinajstić information content (AvgIpc) is 2.93. The van der Waals surface area contributed by atoms with Crippen LogP contribution in [-0.2, 0) is 19.1 Å². The molecule has 0 bridgehead atoms. The molecular weight excluding hydrogens is 405 g/mol. The van der Waals surface area contributed by atoms with E-state index in [2.05, 4.69) is 21.2 Å². The molecule has 26 heavy (non-hydrogen) atoms. The van der Waals surface area contributed by atoms with Crippen molar-refractivity contribution < 1.29 is 23.5 Å². The number of ether oxygens (including phenoxy) is 2. The summed E-state index contributed by atoms with van der Waals surface area (Å²) in [6, 6.07) is 4.54. The first kappa shape index (κ1) is 17.4. The summed E-state index contributed by atoms with van der Waals surface area (Å²) in [5, 5.41) is 3.22. The third-order valence-electron chi connectivity index (χ3n) is 4.88. The highest BCUT2D eigenvalue weighted by molar-refractivity contribution is 9.10. The Morgan fingerprint density at radius 2 is 2.00 bits per heavy atom. The number of nitrogens with one attached hydrogen (secondary N) is 1. The monoisotopic (exact) mass is 421 g/mol. The van der Waals surface area contributed by atoms with Gasteiger partial charge in [0.1, 0.15) is 18.5 Å². The molecule has 136 valence electrons. The molecule has 0 aromatic heterocycles. The SMILES string of the molecule is CC(C)[C@H]1OC(=O)C2=C1NC1=C(C(=O)COC1)[C@H]2c1ccc(F)c(Br)c1. The summed E-state index contributed by atoms with van der Waals surface area (Å²) < 4.78 is 24.9. The highest BCUT2D eigenvalue weighted by Gasteiger charge is 2.47. The Morgan fingerprint density at radius 1 is 1.23 bits per heavy atom. The summed E-state index contributed by atoms with van der Waals surface area (Å²) in [5.41, 5.74) is 2.91. The van der Waals surface area contributed by atoms with Gasteiger partial charge in [-0.05, 0) is 39.5 Å². The molecule has 0 radical (unpaired) electrons. The van der Waals surface area contributed by atoms with E-state index in [4.69, 9.17) is 9.47 Å². The first-order valence-corrected chi connectivity index (χ1v) is 9.18. The average molecular weight is 422 g/mol. The first-order valence-electron chi connectivity index (χ1n) is 8.39. The van der Waals surface area contributed by atoms with Gasteiger partial charge in [0, 0.05) is 17.2 Å². The summed E-state index contributed by atoms with van der Waals surface area (Å²) >= 11 is 3.19. The lowest BCUT2D eigenvalue weighted by atomic mass is 9.77. The van der Waals surface area contributed by atoms with Gasteiger partial charge in [0.05, 0.1) is 22.3 Å². The third kappa shape index (κ3) is 2.61. The smallest absolute Gasteiger partial charge is 0.337 e. The quantitative estimate of drug-likeness (QED) is 0.743. The van der Waals surface area contributed by atoms with Crippen LogP contribution in [0.3, 0.4) is 0 Å². The number of esters is 1. The Hall–Kier alpha value is -1.99. The van der Waals surface area contributed by atoms with Gasteiger partial charge >= 0.3 is 5.97 Å². The van der Waals surface area contributed by atoms with E-state index in [9.17, 15) is 14.0 Å². The van der Waals surface area contributed by atoms with Crippen LogP contribution in [0, 0.1) is 11.7 Å². The van der Waals surface area contributed by atoms with Crippen LogP contribution in [-0.4, -0.2) is 31.1 Å². The number of dihydropyridines is 1. The molecule has 2 atom stereocenters. The molecule has 0 unspecified atom stereocenters. The Kier molecular flexibility index (Phi) is 4.23. The van der Waals surface area contributed by atoms with Crippen molar-refractivity contribution in [1.29, 1.82) is 0 Å². The number of ketones is 1. The largest absolute Gasteiger partial charge is 0.452 e. The van der Waals surface area contributed by atoms with Gasteiger partial charge in [0.25, 0.3) is 0 Å². The van der Waals surface area contributed by atoms with E-state index < -0.39 is 23.8 Å². The van der Waals surface area contributed by atoms with Crippen LogP contribution in [0.1, 0.15) is 25.3 Å². The van der Waals surface area contributed by atoms with Crippen LogP contribution < -0.4 is 5.32 Å². The van der Waals surface area contributed by atoms with E-state index >= 15 is 0 Å². The van der Waals surface area contributed by atoms with Crippen molar-refractivity contribution in [3.63, 3.8) is 0 Å². The topological polar surface area (TPSA) is 64.6 Å². The number of benzene rings is 1. The first-order chi connectivity index (χ1) is 12.4. The van der Waals surface area contributed by atoms with Crippen molar-refractivity contribution in [2.75, 3.05) is 13.2 Å². The highest BCUT2D eigenvalue weighted by Crippen LogP contribution is 2.45. The number of hydrogen-bond acceptors (Lipinski definition) is 5. The van der Waals surface area contributed by atoms with E-state index in [1.165, 1.54) is 6.07 Å². The van der Waals surface area contributed by atoms with Crippen molar-refractivity contribution in [2.24, 2.45) is 5.92 Å². The molecular formula is C19H17BrFNO4. The second-order valence-electron chi connectivity index (χ2n) is 6.94. The van der Waals surface area contributed by atoms with Crippen molar-refractivity contribution >= 4 is 27.7 Å². The summed E-state index contributed by atoms with van der Waals surface area (Å²) in [6.07, 6.45) is -0.407. The van der Waals surface area contributed by atoms with Gasteiger partial charge in [0.2, 0.25) is 0 Å². The molecule has 0 saturated carbocycles. The van der Waals surface area contributed by atoms with E-state index in [0.717, 1.165) is 0 Å². The van der Waals surface area contributed by atoms with Crippen molar-refractivity contribution in [3.05, 3.63) is 56.6 Å². The zero-order chi connectivity index (χ0) is 18.6. The number of halogens is 2. The van der Waals surface area contributed by atoms with Crippen LogP contribution in [0.5, 0.6) is 0 Å². The number of carbonyl (C=O) groups is 2. The molecule has 3 heterocycles. The molecule has 0 amide bonds. The maximum Gasteiger partial charge on any atom is 0.337 e. The van der Waals surface area contributed by atoms with E-state index in [1.807, 2.05) is 13.8 Å². The zero-order valence-electron chi connectivity index (χ0n) is 14.3. The lowest BCUT2D eigenvalue weighted by Gasteiger charge is -2.33. The Labute approximate surface area is 158 Å². The highest BCUT2D eigenvalue weighted by atomic mass is 79.9. The minimum absolute atomic E-state index is 0.0371. The van der Waals surface area contributed by atoms with E-state index in [-0.39, 0.29) is 29.4 Å². The Morgan fingerprint density at radius 3 is 2.69 bits per heavy atom. The van der Waals surface area contributed by atoms with E-state index in [1.54, 1.807) is 12.1 Å². The van der Waals surface area contributed by atoms with Crippen molar-refractivity contribution in [3.8, 4) is 0 Å². The van der Waals surface area contributed by atoms with Gasteiger partial charge in [-0.15, -0.1) is 0 Å². The Bertz CT molecular complexity index is 890. The molecule has 0 fully saturated rings. The normalized spacial score (nSPS) is 25.3. The molecule has 1 aromatic carbocycles. The van der Waals surface area contributed by atoms with Crippen LogP contribution in [0.4, 0.5) is 4.39 Å². The maximum absolute atomic E-state index is 13.7. The molecule has 3 aliphatic heterocycles. The van der Waals surface area contributed by atoms with Gasteiger partial charge in [-0.1, -0.05) is 19.9 Å². The minimum atomic E-state index is -0.592. The zero-order valence-corrected chi connectivity index (χ0v) is 15.9. The molecule has 0 aliphatic carbocycles. The summed E-state index contributed by atoms with van der Waals surface area (Å²) in [4.78, 5) is 25.3. The summed E-state index contributed by atoms with van der Waals surface area (Å²) in [7, 11) is 0. The van der Waals surface area contributed by atoms with Gasteiger partial charge < -0.3 is 14.8 Å². The number of Topliss-reactive ketones (excluding diaryl/α,β-unsaturated/α-hetero) is 1. The van der Waals surface area contributed by atoms with Crippen molar-refractivity contribution in [2.45, 2.75) is 25.9 Å². The minimum Gasteiger partial charge on any atom is -0.452 e. The fraction of sp³-hybridized carbons (Fsp3) is 0.368. The molecule has 7 heteroatoms. The molecule has 5 nitrogen and oxygen atoms in total. The lowest BCUT2D eigenvalue weighted by Crippen LogP contribution is -2.38. The molecule has 1 N–H and O–H groups in total. The number of hydrogen-bond donors (Lipinski definition) is 1. The van der Waals surface area contributed by atoms with Gasteiger partial charge in [-0.3, -0.25) is 4.79 Å². The number of carbonyl (C=O) groups excluding carboxylic acids is 2. The van der Waals surface area contributed by atoms with E-state index in [0.29, 0.717) is 28.1 Å². The fourth-order valence-electron chi connectivity index (χ4n) is 3.72.